The predicted molar refractivity (Wildman–Crippen MR) is 343 cm³/mol. The van der Waals surface area contributed by atoms with E-state index in [1.165, 1.54) is 18.2 Å². The van der Waals surface area contributed by atoms with Gasteiger partial charge in [-0.05, 0) is 121 Å². The molecule has 2 rings (SSSR count). The average molecular weight is 1300 g/mol. The fourth-order valence-corrected chi connectivity index (χ4v) is 10.9. The van der Waals surface area contributed by atoms with Crippen molar-refractivity contribution in [2.24, 2.45) is 5.92 Å². The Morgan fingerprint density at radius 3 is 1.70 bits per heavy atom. The van der Waals surface area contributed by atoms with Gasteiger partial charge in [0.1, 0.15) is 61.0 Å². The quantitative estimate of drug-likeness (QED) is 0.0229. The van der Waals surface area contributed by atoms with Gasteiger partial charge >= 0.3 is 0 Å². The van der Waals surface area contributed by atoms with E-state index in [1.807, 2.05) is 42.5 Å². The molecule has 0 saturated carbocycles. The molecule has 2 heterocycles. The molecule has 0 aromatic rings. The third kappa shape index (κ3) is 33.3. The van der Waals surface area contributed by atoms with Gasteiger partial charge in [-0.2, -0.15) is 0 Å². The zero-order valence-electron chi connectivity index (χ0n) is 53.4. The Morgan fingerprint density at radius 1 is 0.505 bits per heavy atom. The van der Waals surface area contributed by atoms with Crippen LogP contribution in [0.3, 0.4) is 0 Å². The van der Waals surface area contributed by atoms with Crippen LogP contribution in [0.4, 0.5) is 0 Å². The molecule has 0 aliphatic carbocycles. The van der Waals surface area contributed by atoms with Gasteiger partial charge in [0.25, 0.3) is 0 Å². The van der Waals surface area contributed by atoms with Crippen LogP contribution in [0, 0.1) is 5.92 Å². The Morgan fingerprint density at radius 2 is 1.07 bits per heavy atom. The van der Waals surface area contributed by atoms with Gasteiger partial charge in [-0.1, -0.05) is 123 Å². The summed E-state index contributed by atoms with van der Waals surface area (Å²) in [6, 6.07) is 0. The molecule has 2 fully saturated rings. The number of aliphatic hydroxyl groups excluding tert-OH is 21. The van der Waals surface area contributed by atoms with Gasteiger partial charge in [0.05, 0.1) is 92.1 Å². The molecule has 526 valence electrons. The maximum atomic E-state index is 11.2. The summed E-state index contributed by atoms with van der Waals surface area (Å²) in [4.78, 5) is 0. The topological polar surface area (TPSA) is 443 Å². The minimum absolute atomic E-state index is 0.00551. The first kappa shape index (κ1) is 83.8. The number of hydrogen-bond acceptors (Lipinski definition) is 23. The molecule has 0 aromatic heterocycles. The Balaban J connectivity index is 1.77. The van der Waals surface area contributed by atoms with Crippen molar-refractivity contribution in [3.63, 3.8) is 0 Å². The summed E-state index contributed by atoms with van der Waals surface area (Å²) in [6.07, 6.45) is -2.24. The molecule has 0 bridgehead atoms. The molecule has 0 aromatic carbocycles. The first-order valence-corrected chi connectivity index (χ1v) is 32.6. The maximum Gasteiger partial charge on any atom is 0.115 e. The highest BCUT2D eigenvalue weighted by Gasteiger charge is 2.47. The lowest BCUT2D eigenvalue weighted by atomic mass is 9.87. The summed E-state index contributed by atoms with van der Waals surface area (Å²) >= 11 is 0. The van der Waals surface area contributed by atoms with Crippen molar-refractivity contribution < 1.29 is 117 Å². The predicted octanol–water partition coefficient (Wildman–Crippen LogP) is 0.976. The van der Waals surface area contributed by atoms with E-state index in [0.717, 1.165) is 12.8 Å². The van der Waals surface area contributed by atoms with Gasteiger partial charge in [-0.3, -0.25) is 0 Å². The molecule has 0 spiro atoms. The number of allylic oxidation sites excluding steroid dienone is 9. The highest BCUT2D eigenvalue weighted by molar-refractivity contribution is 5.13. The number of aliphatic hydroxyl groups is 21. The SMILES string of the molecule is C=CCC/C=C/C=C/C=C/CC/C=C/[C@@H](O)[C@@H](O)C1O[C@@H]([C@H](O)[C@H](O)C(=C)CCC(O)[C@H]2C[C@@H](O)[C@@H](O)C([C@@H](O)[C@H](O)/C=C(\C)CC[C@H](O)C[C@H](O)[C@@H](O)[C@@H](C)C[C@H](O)[C@@H](O)CCCCCC(O)CCC[C@@H](O)/C=C/C[C@@H](O)/C=C/C[C@H](O)CO)O2)CC(O)C1O. The maximum absolute atomic E-state index is 11.2. The van der Waals surface area contributed by atoms with Gasteiger partial charge in [0, 0.05) is 19.3 Å². The van der Waals surface area contributed by atoms with Crippen LogP contribution >= 0.6 is 0 Å². The molecule has 2 aliphatic rings. The Hall–Kier alpha value is -3.26. The molecule has 0 amide bonds. The summed E-state index contributed by atoms with van der Waals surface area (Å²) in [5, 5.41) is 223. The van der Waals surface area contributed by atoms with Crippen LogP contribution < -0.4 is 0 Å². The van der Waals surface area contributed by atoms with Crippen LogP contribution in [-0.2, 0) is 9.47 Å². The fourth-order valence-electron chi connectivity index (χ4n) is 10.9. The molecule has 2 aliphatic heterocycles. The fraction of sp³-hybridized carbons (Fsp3) is 0.735. The number of unbranched alkanes of at least 4 members (excludes halogenated alkanes) is 4. The smallest absolute Gasteiger partial charge is 0.115 e. The number of rotatable bonds is 48. The first-order chi connectivity index (χ1) is 43.1. The van der Waals surface area contributed by atoms with Crippen LogP contribution in [0.25, 0.3) is 0 Å². The van der Waals surface area contributed by atoms with Gasteiger partial charge in [0.15, 0.2) is 0 Å². The Labute approximate surface area is 538 Å². The standard InChI is InChI=1S/C68H116O23/c1-5-6-7-8-9-10-11-12-13-14-15-18-31-52(77)62(85)67-65(88)57(82)40-59(91-67)66(89)61(84)43(3)33-35-51(76)58-39-56(81)64(87)68(90-58)63(86)54(79)36-42(2)32-34-48(73)38-55(80)60(83)44(4)37-53(78)50(75)30-19-16-17-23-45(70)24-20-25-46(71)26-21-27-47(72)28-22-29-49(74)41-69/h5,8-13,18,21-22,26,28,31,36,44-89H,1,3,6-7,14-17,19-20,23-25,27,29-30,32-35,37-41H2,2,4H3/b9-8+,11-10+,13-12+,26-21+,28-22+,31-18+,42-36+/t44-,45?,46+,47+,48-,49-,50-,51?,52+,53-,54+,55-,56+,57?,58+,59+,60-,61+,62+,63-,64+,65?,66-,67?,68?/m0/s1. The summed E-state index contributed by atoms with van der Waals surface area (Å²) in [5.41, 5.74) is 0.481. The van der Waals surface area contributed by atoms with E-state index in [1.54, 1.807) is 38.2 Å². The lowest BCUT2D eigenvalue weighted by Crippen LogP contribution is -2.59. The van der Waals surface area contributed by atoms with Crippen molar-refractivity contribution in [2.45, 2.75) is 302 Å². The van der Waals surface area contributed by atoms with Crippen LogP contribution in [0.15, 0.2) is 109 Å². The van der Waals surface area contributed by atoms with Crippen LogP contribution in [0.5, 0.6) is 0 Å². The van der Waals surface area contributed by atoms with Crippen molar-refractivity contribution in [3.8, 4) is 0 Å². The second kappa shape index (κ2) is 46.8. The highest BCUT2D eigenvalue weighted by Crippen LogP contribution is 2.32. The Kier molecular flexibility index (Phi) is 43.1. The molecule has 0 radical (unpaired) electrons. The minimum atomic E-state index is -1.83. The van der Waals surface area contributed by atoms with Crippen molar-refractivity contribution in [3.05, 3.63) is 109 Å². The van der Waals surface area contributed by atoms with Crippen LogP contribution in [0.2, 0.25) is 0 Å². The van der Waals surface area contributed by atoms with Crippen molar-refractivity contribution in [1.82, 2.24) is 0 Å². The summed E-state index contributed by atoms with van der Waals surface area (Å²) < 4.78 is 11.6. The minimum Gasteiger partial charge on any atom is -0.394 e. The Bertz CT molecular complexity index is 2150. The third-order valence-corrected chi connectivity index (χ3v) is 16.9. The molecule has 23 heteroatoms. The van der Waals surface area contributed by atoms with Crippen LogP contribution in [0.1, 0.15) is 155 Å². The van der Waals surface area contributed by atoms with Crippen molar-refractivity contribution in [1.29, 1.82) is 0 Å². The normalized spacial score (nSPS) is 27.2. The molecular formula is C68H116O23. The summed E-state index contributed by atoms with van der Waals surface area (Å²) in [5.74, 6) is -0.675. The zero-order chi connectivity index (χ0) is 68.2. The van der Waals surface area contributed by atoms with E-state index >= 15 is 0 Å². The average Bonchev–Trinajstić information content (AvgIpc) is 0.918. The second-order valence-electron chi connectivity index (χ2n) is 25.0. The lowest BCUT2D eigenvalue weighted by Gasteiger charge is -2.42. The molecule has 2 saturated heterocycles. The van der Waals surface area contributed by atoms with Crippen LogP contribution in [-0.4, -0.2) is 260 Å². The zero-order valence-corrected chi connectivity index (χ0v) is 53.4. The number of hydrogen-bond donors (Lipinski definition) is 21. The summed E-state index contributed by atoms with van der Waals surface area (Å²) in [7, 11) is 0. The molecule has 6 unspecified atom stereocenters. The van der Waals surface area contributed by atoms with E-state index < -0.39 is 152 Å². The molecule has 91 heavy (non-hydrogen) atoms. The van der Waals surface area contributed by atoms with E-state index in [9.17, 15) is 102 Å². The monoisotopic (exact) mass is 1300 g/mol. The van der Waals surface area contributed by atoms with Crippen molar-refractivity contribution in [2.75, 3.05) is 6.61 Å². The molecule has 23 nitrogen and oxygen atoms in total. The van der Waals surface area contributed by atoms with Crippen molar-refractivity contribution >= 4 is 0 Å². The van der Waals surface area contributed by atoms with Gasteiger partial charge in [-0.25, -0.2) is 0 Å². The van der Waals surface area contributed by atoms with E-state index in [2.05, 4.69) is 13.2 Å². The second-order valence-corrected chi connectivity index (χ2v) is 25.0. The first-order valence-electron chi connectivity index (χ1n) is 32.6. The lowest BCUT2D eigenvalue weighted by molar-refractivity contribution is -0.234. The largest absolute Gasteiger partial charge is 0.394 e. The molecule has 21 N–H and O–H groups in total. The number of ether oxygens (including phenoxy) is 2. The highest BCUT2D eigenvalue weighted by atomic mass is 16.6. The van der Waals surface area contributed by atoms with E-state index in [0.29, 0.717) is 63.4 Å². The van der Waals surface area contributed by atoms with Gasteiger partial charge in [0.2, 0.25) is 0 Å². The molecular weight excluding hydrogens is 1180 g/mol. The van der Waals surface area contributed by atoms with Gasteiger partial charge < -0.3 is 117 Å². The van der Waals surface area contributed by atoms with Gasteiger partial charge in [-0.15, -0.1) is 6.58 Å². The van der Waals surface area contributed by atoms with E-state index in [4.69, 9.17) is 14.6 Å². The van der Waals surface area contributed by atoms with E-state index in [-0.39, 0.29) is 82.8 Å². The molecule has 25 atom stereocenters. The summed E-state index contributed by atoms with van der Waals surface area (Å²) in [6.45, 7) is 10.3. The third-order valence-electron chi connectivity index (χ3n) is 16.9.